The molecule has 0 saturated heterocycles. The van der Waals surface area contributed by atoms with Crippen LogP contribution < -0.4 is 5.43 Å². The van der Waals surface area contributed by atoms with Gasteiger partial charge in [0.15, 0.2) is 5.78 Å². The molecule has 0 radical (unpaired) electrons. The predicted molar refractivity (Wildman–Crippen MR) is 46.6 cm³/mol. The average molecular weight is 160 g/mol. The van der Waals surface area contributed by atoms with Crippen LogP contribution in [0, 0.1) is 0 Å². The summed E-state index contributed by atoms with van der Waals surface area (Å²) < 4.78 is 0. The standard InChI is InChI=1S/C9H8N2O/c12-9-5-1-4-8-7(9)3-2-6-10-11-8/h1,3-6,11H,2H2. The van der Waals surface area contributed by atoms with Crippen molar-refractivity contribution in [2.75, 3.05) is 0 Å². The highest BCUT2D eigenvalue weighted by Crippen LogP contribution is 2.15. The average Bonchev–Trinajstić information content (AvgIpc) is 2.30. The van der Waals surface area contributed by atoms with Crippen molar-refractivity contribution in [1.82, 2.24) is 5.43 Å². The zero-order valence-electron chi connectivity index (χ0n) is 6.45. The van der Waals surface area contributed by atoms with Gasteiger partial charge in [-0.15, -0.1) is 0 Å². The number of hydrogen-bond acceptors (Lipinski definition) is 3. The van der Waals surface area contributed by atoms with Gasteiger partial charge in [0.25, 0.3) is 0 Å². The van der Waals surface area contributed by atoms with Gasteiger partial charge in [-0.25, -0.2) is 0 Å². The van der Waals surface area contributed by atoms with Gasteiger partial charge in [-0.1, -0.05) is 12.2 Å². The van der Waals surface area contributed by atoms with Crippen molar-refractivity contribution in [3.63, 3.8) is 0 Å². The molecule has 0 unspecified atom stereocenters. The molecule has 1 aliphatic carbocycles. The molecule has 0 aromatic rings. The summed E-state index contributed by atoms with van der Waals surface area (Å²) in [5.41, 5.74) is 4.31. The van der Waals surface area contributed by atoms with Gasteiger partial charge in [0.05, 0.1) is 5.70 Å². The van der Waals surface area contributed by atoms with Crippen molar-refractivity contribution in [2.24, 2.45) is 5.10 Å². The van der Waals surface area contributed by atoms with Crippen LogP contribution in [0.5, 0.6) is 0 Å². The Kier molecular flexibility index (Phi) is 1.63. The largest absolute Gasteiger partial charge is 0.289 e. The molecule has 12 heavy (non-hydrogen) atoms. The highest BCUT2D eigenvalue weighted by molar-refractivity contribution is 6.08. The molecule has 60 valence electrons. The summed E-state index contributed by atoms with van der Waals surface area (Å²) in [6, 6.07) is 0. The van der Waals surface area contributed by atoms with Crippen LogP contribution in [-0.4, -0.2) is 12.0 Å². The summed E-state index contributed by atoms with van der Waals surface area (Å²) in [6.07, 6.45) is 9.45. The topological polar surface area (TPSA) is 41.5 Å². The van der Waals surface area contributed by atoms with E-state index in [1.165, 1.54) is 0 Å². The maximum absolute atomic E-state index is 11.3. The smallest absolute Gasteiger partial charge is 0.187 e. The fourth-order valence-electron chi connectivity index (χ4n) is 1.19. The second-order valence-corrected chi connectivity index (χ2v) is 2.58. The third kappa shape index (κ3) is 1.09. The maximum Gasteiger partial charge on any atom is 0.187 e. The van der Waals surface area contributed by atoms with Gasteiger partial charge in [0, 0.05) is 18.2 Å². The molecule has 0 spiro atoms. The maximum atomic E-state index is 11.3. The Morgan fingerprint density at radius 3 is 3.33 bits per heavy atom. The van der Waals surface area contributed by atoms with Crippen LogP contribution in [0.1, 0.15) is 6.42 Å². The molecule has 0 aromatic heterocycles. The first-order chi connectivity index (χ1) is 5.88. The third-order valence-electron chi connectivity index (χ3n) is 1.77. The minimum atomic E-state index is 0.0468. The number of hydrazone groups is 1. The number of ketones is 1. The van der Waals surface area contributed by atoms with Crippen LogP contribution in [0.15, 0.2) is 40.7 Å². The quantitative estimate of drug-likeness (QED) is 0.572. The monoisotopic (exact) mass is 160 g/mol. The first-order valence-electron chi connectivity index (χ1n) is 3.79. The van der Waals surface area contributed by atoms with Gasteiger partial charge in [-0.3, -0.25) is 10.2 Å². The number of rotatable bonds is 0. The Bertz CT molecular complexity index is 334. The zero-order valence-corrected chi connectivity index (χ0v) is 6.45. The van der Waals surface area contributed by atoms with Gasteiger partial charge in [0.2, 0.25) is 0 Å². The first kappa shape index (κ1) is 7.03. The number of carbonyl (C=O) groups excluding carboxylic acids is 1. The van der Waals surface area contributed by atoms with Crippen molar-refractivity contribution in [2.45, 2.75) is 6.42 Å². The SMILES string of the molecule is O=C1C=CC=C2NN=CCC=C12. The number of nitrogens with zero attached hydrogens (tertiary/aromatic N) is 1. The lowest BCUT2D eigenvalue weighted by Gasteiger charge is -2.08. The van der Waals surface area contributed by atoms with Crippen LogP contribution >= 0.6 is 0 Å². The Morgan fingerprint density at radius 1 is 1.50 bits per heavy atom. The van der Waals surface area contributed by atoms with Gasteiger partial charge < -0.3 is 0 Å². The van der Waals surface area contributed by atoms with E-state index < -0.39 is 0 Å². The Balaban J connectivity index is 2.42. The van der Waals surface area contributed by atoms with Crippen molar-refractivity contribution in [3.05, 3.63) is 35.6 Å². The van der Waals surface area contributed by atoms with E-state index in [4.69, 9.17) is 0 Å². The normalized spacial score (nSPS) is 20.5. The van der Waals surface area contributed by atoms with Crippen LogP contribution in [0.3, 0.4) is 0 Å². The Labute approximate surface area is 70.2 Å². The summed E-state index contributed by atoms with van der Waals surface area (Å²) in [5.74, 6) is 0.0468. The molecule has 2 rings (SSSR count). The number of fused-ring (bicyclic) bond motifs is 1. The number of hydrogen-bond donors (Lipinski definition) is 1. The van der Waals surface area contributed by atoms with Crippen LogP contribution in [-0.2, 0) is 4.79 Å². The molecule has 0 aromatic carbocycles. The van der Waals surface area contributed by atoms with E-state index in [0.29, 0.717) is 6.42 Å². The second-order valence-electron chi connectivity index (χ2n) is 2.58. The number of allylic oxidation sites excluding steroid dienone is 5. The van der Waals surface area contributed by atoms with E-state index in [-0.39, 0.29) is 5.78 Å². The molecule has 2 aliphatic rings. The molecule has 0 bridgehead atoms. The van der Waals surface area contributed by atoms with E-state index >= 15 is 0 Å². The fourth-order valence-corrected chi connectivity index (χ4v) is 1.19. The summed E-state index contributed by atoms with van der Waals surface area (Å²) in [5, 5.41) is 3.91. The van der Waals surface area contributed by atoms with Crippen molar-refractivity contribution < 1.29 is 4.79 Å². The molecular weight excluding hydrogens is 152 g/mol. The van der Waals surface area contributed by atoms with Gasteiger partial charge in [-0.2, -0.15) is 5.10 Å². The third-order valence-corrected chi connectivity index (χ3v) is 1.77. The first-order valence-corrected chi connectivity index (χ1v) is 3.79. The summed E-state index contributed by atoms with van der Waals surface area (Å²) >= 11 is 0. The molecule has 1 N–H and O–H groups in total. The van der Waals surface area contributed by atoms with Crippen LogP contribution in [0.4, 0.5) is 0 Å². The lowest BCUT2D eigenvalue weighted by molar-refractivity contribution is -0.111. The number of nitrogens with one attached hydrogen (secondary N) is 1. The van der Waals surface area contributed by atoms with Crippen molar-refractivity contribution >= 4 is 12.0 Å². The molecule has 3 heteroatoms. The predicted octanol–water partition coefficient (Wildman–Crippen LogP) is 0.915. The van der Waals surface area contributed by atoms with Crippen molar-refractivity contribution in [3.8, 4) is 0 Å². The number of carbonyl (C=O) groups is 1. The second kappa shape index (κ2) is 2.77. The van der Waals surface area contributed by atoms with E-state index in [2.05, 4.69) is 10.5 Å². The fraction of sp³-hybridized carbons (Fsp3) is 0.111. The van der Waals surface area contributed by atoms with Crippen molar-refractivity contribution in [1.29, 1.82) is 0 Å². The summed E-state index contributed by atoms with van der Waals surface area (Å²) in [6.45, 7) is 0. The minimum Gasteiger partial charge on any atom is -0.289 e. The Hall–Kier alpha value is -1.64. The van der Waals surface area contributed by atoms with Gasteiger partial charge in [0.1, 0.15) is 0 Å². The summed E-state index contributed by atoms with van der Waals surface area (Å²) in [7, 11) is 0. The Morgan fingerprint density at radius 2 is 2.42 bits per heavy atom. The molecular formula is C9H8N2O. The molecule has 0 saturated carbocycles. The summed E-state index contributed by atoms with van der Waals surface area (Å²) in [4.78, 5) is 11.3. The van der Waals surface area contributed by atoms with Crippen LogP contribution in [0.25, 0.3) is 0 Å². The highest BCUT2D eigenvalue weighted by Gasteiger charge is 2.14. The zero-order chi connectivity index (χ0) is 8.39. The van der Waals surface area contributed by atoms with E-state index in [1.54, 1.807) is 18.4 Å². The molecule has 0 fully saturated rings. The van der Waals surface area contributed by atoms with E-state index in [0.717, 1.165) is 11.3 Å². The molecule has 1 aliphatic heterocycles. The van der Waals surface area contributed by atoms with Crippen LogP contribution in [0.2, 0.25) is 0 Å². The highest BCUT2D eigenvalue weighted by atomic mass is 16.1. The van der Waals surface area contributed by atoms with E-state index in [9.17, 15) is 4.79 Å². The minimum absolute atomic E-state index is 0.0468. The lowest BCUT2D eigenvalue weighted by atomic mass is 10.0. The lowest BCUT2D eigenvalue weighted by Crippen LogP contribution is -2.14. The van der Waals surface area contributed by atoms with E-state index in [1.807, 2.05) is 12.2 Å². The molecule has 0 atom stereocenters. The molecule has 1 heterocycles. The van der Waals surface area contributed by atoms with Gasteiger partial charge >= 0.3 is 0 Å². The molecule has 0 amide bonds. The molecule has 3 nitrogen and oxygen atoms in total. The van der Waals surface area contributed by atoms with Gasteiger partial charge in [-0.05, 0) is 12.2 Å².